The Bertz CT molecular complexity index is 256. The molecule has 2 rings (SSSR count). The van der Waals surface area contributed by atoms with E-state index in [0.717, 1.165) is 18.9 Å². The van der Waals surface area contributed by atoms with Gasteiger partial charge in [0.15, 0.2) is 0 Å². The topological polar surface area (TPSA) is 32.3 Å². The first kappa shape index (κ1) is 8.43. The van der Waals surface area contributed by atoms with Crippen LogP contribution in [-0.4, -0.2) is 30.1 Å². The average molecular weight is 178 g/mol. The van der Waals surface area contributed by atoms with Crippen LogP contribution in [0.2, 0.25) is 0 Å². The van der Waals surface area contributed by atoms with E-state index in [0.29, 0.717) is 12.6 Å². The number of hydrogen-bond acceptors (Lipinski definition) is 1. The molecule has 1 aliphatic heterocycles. The van der Waals surface area contributed by atoms with Crippen LogP contribution in [0.4, 0.5) is 4.79 Å². The fourth-order valence-corrected chi connectivity index (χ4v) is 2.09. The van der Waals surface area contributed by atoms with Crippen molar-refractivity contribution < 1.29 is 4.79 Å². The number of nitrogens with zero attached hydrogens (tertiary/aromatic N) is 1. The number of urea groups is 1. The molecule has 1 saturated carbocycles. The van der Waals surface area contributed by atoms with Crippen molar-refractivity contribution in [1.29, 1.82) is 0 Å². The lowest BCUT2D eigenvalue weighted by Gasteiger charge is -2.26. The van der Waals surface area contributed by atoms with Crippen LogP contribution in [0.25, 0.3) is 0 Å². The van der Waals surface area contributed by atoms with Gasteiger partial charge in [-0.3, -0.25) is 0 Å². The zero-order chi connectivity index (χ0) is 9.26. The van der Waals surface area contributed by atoms with E-state index in [9.17, 15) is 4.79 Å². The van der Waals surface area contributed by atoms with Crippen LogP contribution in [0, 0.1) is 18.3 Å². The van der Waals surface area contributed by atoms with E-state index in [-0.39, 0.29) is 6.03 Å². The molecular weight excluding hydrogens is 164 g/mol. The third kappa shape index (κ3) is 1.62. The highest BCUT2D eigenvalue weighted by atomic mass is 16.2. The monoisotopic (exact) mass is 178 g/mol. The molecule has 13 heavy (non-hydrogen) atoms. The number of nitrogens with one attached hydrogen (secondary N) is 1. The maximum absolute atomic E-state index is 11.5. The molecule has 0 aromatic rings. The van der Waals surface area contributed by atoms with Crippen molar-refractivity contribution in [3.05, 3.63) is 0 Å². The molecule has 0 radical (unpaired) electrons. The number of terminal acetylenes is 1. The van der Waals surface area contributed by atoms with Crippen LogP contribution in [0.3, 0.4) is 0 Å². The molecule has 0 spiro atoms. The largest absolute Gasteiger partial charge is 0.327 e. The quantitative estimate of drug-likeness (QED) is 0.592. The lowest BCUT2D eigenvalue weighted by atomic mass is 10.1. The van der Waals surface area contributed by atoms with Gasteiger partial charge in [0, 0.05) is 12.6 Å². The number of piperidine rings is 1. The Balaban J connectivity index is 1.86. The minimum atomic E-state index is 0.0187. The maximum Gasteiger partial charge on any atom is 0.318 e. The molecule has 2 atom stereocenters. The second-order valence-corrected chi connectivity index (χ2v) is 3.76. The van der Waals surface area contributed by atoms with Gasteiger partial charge in [0.05, 0.1) is 6.54 Å². The number of likely N-dealkylation sites (tertiary alicyclic amines) is 1. The molecule has 2 aliphatic rings. The van der Waals surface area contributed by atoms with Gasteiger partial charge in [-0.05, 0) is 25.2 Å². The van der Waals surface area contributed by atoms with Gasteiger partial charge in [0.1, 0.15) is 0 Å². The van der Waals surface area contributed by atoms with E-state index in [4.69, 9.17) is 6.42 Å². The van der Waals surface area contributed by atoms with Gasteiger partial charge in [0.25, 0.3) is 0 Å². The SMILES string of the molecule is C#CCNC(=O)N1CCCC2CC21. The molecule has 0 bridgehead atoms. The van der Waals surface area contributed by atoms with Gasteiger partial charge in [0.2, 0.25) is 0 Å². The average Bonchev–Trinajstić information content (AvgIpc) is 2.92. The summed E-state index contributed by atoms with van der Waals surface area (Å²) < 4.78 is 0. The predicted octanol–water partition coefficient (Wildman–Crippen LogP) is 0.814. The first-order chi connectivity index (χ1) is 6.33. The lowest BCUT2D eigenvalue weighted by molar-refractivity contribution is 0.183. The van der Waals surface area contributed by atoms with E-state index in [1.165, 1.54) is 12.8 Å². The van der Waals surface area contributed by atoms with Crippen LogP contribution in [0.1, 0.15) is 19.3 Å². The number of rotatable bonds is 1. The van der Waals surface area contributed by atoms with Crippen molar-refractivity contribution in [2.75, 3.05) is 13.1 Å². The second kappa shape index (κ2) is 3.29. The van der Waals surface area contributed by atoms with Crippen molar-refractivity contribution in [3.63, 3.8) is 0 Å². The third-order valence-corrected chi connectivity index (χ3v) is 2.86. The first-order valence-electron chi connectivity index (χ1n) is 4.81. The summed E-state index contributed by atoms with van der Waals surface area (Å²) in [5.74, 6) is 3.19. The first-order valence-corrected chi connectivity index (χ1v) is 4.81. The van der Waals surface area contributed by atoms with Gasteiger partial charge < -0.3 is 10.2 Å². The molecule has 1 saturated heterocycles. The number of fused-ring (bicyclic) bond motifs is 1. The van der Waals surface area contributed by atoms with E-state index in [2.05, 4.69) is 11.2 Å². The zero-order valence-corrected chi connectivity index (χ0v) is 7.62. The van der Waals surface area contributed by atoms with Crippen LogP contribution in [-0.2, 0) is 0 Å². The normalized spacial score (nSPS) is 30.2. The number of hydrogen-bond donors (Lipinski definition) is 1. The van der Waals surface area contributed by atoms with Gasteiger partial charge in [-0.1, -0.05) is 5.92 Å². The Morgan fingerprint density at radius 2 is 2.54 bits per heavy atom. The maximum atomic E-state index is 11.5. The Morgan fingerprint density at radius 3 is 3.31 bits per heavy atom. The van der Waals surface area contributed by atoms with Crippen LogP contribution >= 0.6 is 0 Å². The highest BCUT2D eigenvalue weighted by molar-refractivity contribution is 5.75. The fraction of sp³-hybridized carbons (Fsp3) is 0.700. The molecule has 2 amide bonds. The molecule has 70 valence electrons. The van der Waals surface area contributed by atoms with Crippen molar-refractivity contribution in [1.82, 2.24) is 10.2 Å². The molecule has 1 N–H and O–H groups in total. The molecular formula is C10H14N2O. The standard InChI is InChI=1S/C10H14N2O/c1-2-5-11-10(13)12-6-3-4-8-7-9(8)12/h1,8-9H,3-7H2,(H,11,13). The molecule has 0 aromatic carbocycles. The highest BCUT2D eigenvalue weighted by Crippen LogP contribution is 2.42. The summed E-state index contributed by atoms with van der Waals surface area (Å²) >= 11 is 0. The summed E-state index contributed by atoms with van der Waals surface area (Å²) in [6.45, 7) is 1.24. The van der Waals surface area contributed by atoms with E-state index < -0.39 is 0 Å². The van der Waals surface area contributed by atoms with Crippen LogP contribution < -0.4 is 5.32 Å². The summed E-state index contributed by atoms with van der Waals surface area (Å²) in [5.41, 5.74) is 0. The predicted molar refractivity (Wildman–Crippen MR) is 50.1 cm³/mol. The minimum absolute atomic E-state index is 0.0187. The Hall–Kier alpha value is -1.17. The molecule has 0 aromatic heterocycles. The Kier molecular flexibility index (Phi) is 2.13. The van der Waals surface area contributed by atoms with Crippen LogP contribution in [0.15, 0.2) is 0 Å². The van der Waals surface area contributed by atoms with E-state index >= 15 is 0 Å². The number of carbonyl (C=O) groups is 1. The van der Waals surface area contributed by atoms with Crippen molar-refractivity contribution in [3.8, 4) is 12.3 Å². The Morgan fingerprint density at radius 1 is 1.69 bits per heavy atom. The highest BCUT2D eigenvalue weighted by Gasteiger charge is 2.45. The van der Waals surface area contributed by atoms with Gasteiger partial charge in [-0.25, -0.2) is 4.79 Å². The molecule has 1 heterocycles. The number of amides is 2. The molecule has 2 unspecified atom stereocenters. The van der Waals surface area contributed by atoms with Crippen LogP contribution in [0.5, 0.6) is 0 Å². The summed E-state index contributed by atoms with van der Waals surface area (Å²) in [6, 6.07) is 0.539. The summed E-state index contributed by atoms with van der Waals surface area (Å²) in [6.07, 6.45) is 8.70. The molecule has 3 nitrogen and oxygen atoms in total. The smallest absolute Gasteiger partial charge is 0.318 e. The minimum Gasteiger partial charge on any atom is -0.327 e. The molecule has 1 aliphatic carbocycles. The van der Waals surface area contributed by atoms with Crippen molar-refractivity contribution in [2.24, 2.45) is 5.92 Å². The zero-order valence-electron chi connectivity index (χ0n) is 7.62. The van der Waals surface area contributed by atoms with Gasteiger partial charge in [-0.2, -0.15) is 0 Å². The second-order valence-electron chi connectivity index (χ2n) is 3.76. The summed E-state index contributed by atoms with van der Waals surface area (Å²) in [5, 5.41) is 2.71. The number of carbonyl (C=O) groups excluding carboxylic acids is 1. The molecule has 3 heteroatoms. The van der Waals surface area contributed by atoms with Gasteiger partial charge >= 0.3 is 6.03 Å². The summed E-state index contributed by atoms with van der Waals surface area (Å²) in [4.78, 5) is 13.4. The Labute approximate surface area is 78.5 Å². The van der Waals surface area contributed by atoms with Crippen molar-refractivity contribution in [2.45, 2.75) is 25.3 Å². The fourth-order valence-electron chi connectivity index (χ4n) is 2.09. The molecule has 2 fully saturated rings. The van der Waals surface area contributed by atoms with Gasteiger partial charge in [-0.15, -0.1) is 6.42 Å². The third-order valence-electron chi connectivity index (χ3n) is 2.86. The van der Waals surface area contributed by atoms with E-state index in [1.54, 1.807) is 0 Å². The summed E-state index contributed by atoms with van der Waals surface area (Å²) in [7, 11) is 0. The lowest BCUT2D eigenvalue weighted by Crippen LogP contribution is -2.44. The van der Waals surface area contributed by atoms with Crippen molar-refractivity contribution >= 4 is 6.03 Å². The van der Waals surface area contributed by atoms with E-state index in [1.807, 2.05) is 4.90 Å².